The minimum atomic E-state index is -1.40. The van der Waals surface area contributed by atoms with E-state index >= 15 is 0 Å². The molecule has 0 spiro atoms. The number of carbonyl (C=O) groups excluding carboxylic acids is 1. The Bertz CT molecular complexity index is 498. The first kappa shape index (κ1) is 18.2. The van der Waals surface area contributed by atoms with Crippen molar-refractivity contribution in [3.05, 3.63) is 11.1 Å². The van der Waals surface area contributed by atoms with Crippen molar-refractivity contribution in [1.82, 2.24) is 0 Å². The Labute approximate surface area is 132 Å². The van der Waals surface area contributed by atoms with Crippen molar-refractivity contribution in [1.29, 1.82) is 0 Å². The summed E-state index contributed by atoms with van der Waals surface area (Å²) in [6.45, 7) is 18.2. The molecule has 1 saturated carbocycles. The lowest BCUT2D eigenvalue weighted by molar-refractivity contribution is -0.119. The molecular weight excluding hydrogens is 272 g/mol. The second-order valence-electron chi connectivity index (χ2n) is 9.03. The Morgan fingerprint density at radius 1 is 1.10 bits per heavy atom. The van der Waals surface area contributed by atoms with Gasteiger partial charge in [-0.15, -0.1) is 5.54 Å². The first-order valence-corrected chi connectivity index (χ1v) is 11.6. The van der Waals surface area contributed by atoms with Crippen molar-refractivity contribution >= 4 is 13.9 Å². The molecule has 0 radical (unpaired) electrons. The van der Waals surface area contributed by atoms with Crippen LogP contribution < -0.4 is 0 Å². The molecule has 0 unspecified atom stereocenters. The smallest absolute Gasteiger partial charge is 0.133 e. The fraction of sp³-hybridized carbons (Fsp3) is 0.737. The van der Waals surface area contributed by atoms with Crippen LogP contribution in [-0.2, 0) is 4.79 Å². The fourth-order valence-corrected chi connectivity index (χ4v) is 3.26. The van der Waals surface area contributed by atoms with Crippen LogP contribution >= 0.6 is 0 Å². The highest BCUT2D eigenvalue weighted by Crippen LogP contribution is 2.43. The molecule has 1 aliphatic carbocycles. The lowest BCUT2D eigenvalue weighted by Crippen LogP contribution is -2.22. The second kappa shape index (κ2) is 6.13. The summed E-state index contributed by atoms with van der Waals surface area (Å²) in [4.78, 5) is 11.9. The third kappa shape index (κ3) is 5.47. The summed E-state index contributed by atoms with van der Waals surface area (Å²) in [5.74, 6) is 3.95. The lowest BCUT2D eigenvalue weighted by Gasteiger charge is -2.32. The van der Waals surface area contributed by atoms with Crippen molar-refractivity contribution in [3.63, 3.8) is 0 Å². The van der Waals surface area contributed by atoms with Gasteiger partial charge in [0.05, 0.1) is 0 Å². The summed E-state index contributed by atoms with van der Waals surface area (Å²) in [7, 11) is -1.40. The SMILES string of the molecule is CC(C)(C)/C(C#C[Si](C)(C)C)=C1/CCC(=O)CCC1(C)C. The molecule has 21 heavy (non-hydrogen) atoms. The van der Waals surface area contributed by atoms with Gasteiger partial charge in [-0.1, -0.05) is 65.8 Å². The number of allylic oxidation sites excluding steroid dienone is 2. The van der Waals surface area contributed by atoms with E-state index < -0.39 is 8.07 Å². The molecule has 118 valence electrons. The largest absolute Gasteiger partial charge is 0.300 e. The first-order chi connectivity index (χ1) is 9.33. The topological polar surface area (TPSA) is 17.1 Å². The zero-order valence-electron chi connectivity index (χ0n) is 15.2. The predicted molar refractivity (Wildman–Crippen MR) is 94.9 cm³/mol. The van der Waals surface area contributed by atoms with Gasteiger partial charge >= 0.3 is 0 Å². The van der Waals surface area contributed by atoms with E-state index in [2.05, 4.69) is 65.7 Å². The Morgan fingerprint density at radius 3 is 2.14 bits per heavy atom. The number of Topliss-reactive ketones (excluding diaryl/α,β-unsaturated/α-hetero) is 1. The molecule has 0 aromatic carbocycles. The predicted octanol–water partition coefficient (Wildman–Crippen LogP) is 5.38. The molecule has 1 aliphatic rings. The Morgan fingerprint density at radius 2 is 1.67 bits per heavy atom. The third-order valence-corrected chi connectivity index (χ3v) is 4.99. The van der Waals surface area contributed by atoms with Crippen LogP contribution in [0.15, 0.2) is 11.1 Å². The van der Waals surface area contributed by atoms with Crippen molar-refractivity contribution in [2.75, 3.05) is 0 Å². The maximum atomic E-state index is 11.9. The molecule has 1 rings (SSSR count). The lowest BCUT2D eigenvalue weighted by atomic mass is 9.72. The quantitative estimate of drug-likeness (QED) is 0.333. The molecule has 0 atom stereocenters. The molecule has 0 bridgehead atoms. The number of hydrogen-bond donors (Lipinski definition) is 0. The minimum absolute atomic E-state index is 0.0483. The van der Waals surface area contributed by atoms with Crippen molar-refractivity contribution in [3.8, 4) is 11.5 Å². The minimum Gasteiger partial charge on any atom is -0.300 e. The number of hydrogen-bond acceptors (Lipinski definition) is 1. The molecule has 0 N–H and O–H groups in total. The molecule has 0 amide bonds. The molecule has 1 nitrogen and oxygen atoms in total. The summed E-state index contributed by atoms with van der Waals surface area (Å²) < 4.78 is 0. The zero-order chi connectivity index (χ0) is 16.5. The van der Waals surface area contributed by atoms with Gasteiger partial charge in [-0.2, -0.15) is 0 Å². The standard InChI is InChI=1S/C19H32OSi/c1-18(2,3)16(12-14-21(6,7)8)17-10-9-15(20)11-13-19(17,4)5/h9-11,13H2,1-8H3/b17-16-. The number of rotatable bonds is 0. The molecule has 0 aromatic heterocycles. The van der Waals surface area contributed by atoms with Crippen LogP contribution in [0.2, 0.25) is 19.6 Å². The molecule has 0 heterocycles. The normalized spacial score (nSPS) is 22.2. The van der Waals surface area contributed by atoms with Gasteiger partial charge in [0.1, 0.15) is 13.9 Å². The van der Waals surface area contributed by atoms with Crippen LogP contribution in [0.4, 0.5) is 0 Å². The van der Waals surface area contributed by atoms with Gasteiger partial charge < -0.3 is 0 Å². The number of carbonyl (C=O) groups is 1. The van der Waals surface area contributed by atoms with Crippen molar-refractivity contribution in [2.45, 2.75) is 79.9 Å². The zero-order valence-corrected chi connectivity index (χ0v) is 16.2. The van der Waals surface area contributed by atoms with Crippen LogP contribution in [0.25, 0.3) is 0 Å². The summed E-state index contributed by atoms with van der Waals surface area (Å²) >= 11 is 0. The molecule has 0 saturated heterocycles. The summed E-state index contributed by atoms with van der Waals surface area (Å²) in [5, 5.41) is 0. The highest BCUT2D eigenvalue weighted by Gasteiger charge is 2.33. The Kier molecular flexibility index (Phi) is 5.32. The highest BCUT2D eigenvalue weighted by atomic mass is 28.3. The van der Waals surface area contributed by atoms with Gasteiger partial charge in [0.15, 0.2) is 0 Å². The van der Waals surface area contributed by atoms with Gasteiger partial charge in [-0.25, -0.2) is 0 Å². The van der Waals surface area contributed by atoms with Crippen LogP contribution in [-0.4, -0.2) is 13.9 Å². The third-order valence-electron chi connectivity index (χ3n) is 4.11. The van der Waals surface area contributed by atoms with E-state index in [-0.39, 0.29) is 10.8 Å². The van der Waals surface area contributed by atoms with Crippen molar-refractivity contribution < 1.29 is 4.79 Å². The fourth-order valence-electron chi connectivity index (χ4n) is 2.76. The summed E-state index contributed by atoms with van der Waals surface area (Å²) in [6.07, 6.45) is 3.25. The van der Waals surface area contributed by atoms with E-state index in [0.29, 0.717) is 12.2 Å². The average Bonchev–Trinajstić information content (AvgIpc) is 2.38. The van der Waals surface area contributed by atoms with E-state index in [0.717, 1.165) is 19.3 Å². The Hall–Kier alpha value is -0.813. The van der Waals surface area contributed by atoms with Crippen molar-refractivity contribution in [2.24, 2.45) is 10.8 Å². The monoisotopic (exact) mass is 304 g/mol. The highest BCUT2D eigenvalue weighted by molar-refractivity contribution is 6.83. The van der Waals surface area contributed by atoms with Gasteiger partial charge in [0, 0.05) is 18.4 Å². The molecule has 2 heteroatoms. The van der Waals surface area contributed by atoms with E-state index in [1.807, 2.05) is 0 Å². The van der Waals surface area contributed by atoms with E-state index in [4.69, 9.17) is 0 Å². The average molecular weight is 305 g/mol. The maximum Gasteiger partial charge on any atom is 0.133 e. The van der Waals surface area contributed by atoms with Crippen LogP contribution in [0, 0.1) is 22.3 Å². The first-order valence-electron chi connectivity index (χ1n) is 8.12. The summed E-state index contributed by atoms with van der Waals surface area (Å²) in [5.41, 5.74) is 6.38. The number of ketones is 1. The molecular formula is C19H32OSi. The van der Waals surface area contributed by atoms with Crippen LogP contribution in [0.3, 0.4) is 0 Å². The van der Waals surface area contributed by atoms with Crippen LogP contribution in [0.5, 0.6) is 0 Å². The maximum absolute atomic E-state index is 11.9. The second-order valence-corrected chi connectivity index (χ2v) is 13.8. The van der Waals surface area contributed by atoms with Gasteiger partial charge in [-0.05, 0) is 23.7 Å². The van der Waals surface area contributed by atoms with E-state index in [9.17, 15) is 4.79 Å². The van der Waals surface area contributed by atoms with Gasteiger partial charge in [0.25, 0.3) is 0 Å². The molecule has 0 aliphatic heterocycles. The molecule has 1 fully saturated rings. The van der Waals surface area contributed by atoms with Gasteiger partial charge in [-0.3, -0.25) is 4.79 Å². The van der Waals surface area contributed by atoms with E-state index in [1.165, 1.54) is 11.1 Å². The Balaban J connectivity index is 3.44. The van der Waals surface area contributed by atoms with E-state index in [1.54, 1.807) is 0 Å². The molecule has 0 aromatic rings. The van der Waals surface area contributed by atoms with Gasteiger partial charge in [0.2, 0.25) is 0 Å². The summed E-state index contributed by atoms with van der Waals surface area (Å²) in [6, 6.07) is 0. The van der Waals surface area contributed by atoms with Crippen LogP contribution in [0.1, 0.15) is 60.3 Å².